The first-order valence-corrected chi connectivity index (χ1v) is 8.51. The fraction of sp³-hybridized carbons (Fsp3) is 0.611. The van der Waals surface area contributed by atoms with Crippen molar-refractivity contribution in [2.45, 2.75) is 59.4 Å². The summed E-state index contributed by atoms with van der Waals surface area (Å²) in [5, 5.41) is 11.9. The van der Waals surface area contributed by atoms with E-state index in [2.05, 4.69) is 63.9 Å². The maximum Gasteiger partial charge on any atom is 0.321 e. The van der Waals surface area contributed by atoms with E-state index in [1.54, 1.807) is 0 Å². The van der Waals surface area contributed by atoms with Crippen molar-refractivity contribution < 1.29 is 9.90 Å². The Morgan fingerprint density at radius 1 is 1.05 bits per heavy atom. The standard InChI is InChI=1S/C18H31NO2S/c1-14(2)7-5-8-15(3)9-6-10-16(4)11-12-19-17(13-22)18(20)21/h7,9,11,17,19,22H,5-6,8,10,12-13H2,1-4H3,(H,20,21). The van der Waals surface area contributed by atoms with Gasteiger partial charge in [0.05, 0.1) is 0 Å². The summed E-state index contributed by atoms with van der Waals surface area (Å²) in [6.45, 7) is 9.11. The van der Waals surface area contributed by atoms with E-state index in [0.717, 1.165) is 25.7 Å². The van der Waals surface area contributed by atoms with Crippen molar-refractivity contribution in [1.29, 1.82) is 0 Å². The summed E-state index contributed by atoms with van der Waals surface area (Å²) >= 11 is 4.02. The highest BCUT2D eigenvalue weighted by Crippen LogP contribution is 2.11. The van der Waals surface area contributed by atoms with Crippen LogP contribution in [0.5, 0.6) is 0 Å². The molecule has 3 nitrogen and oxygen atoms in total. The smallest absolute Gasteiger partial charge is 0.321 e. The molecule has 22 heavy (non-hydrogen) atoms. The highest BCUT2D eigenvalue weighted by Gasteiger charge is 2.12. The second-order valence-electron chi connectivity index (χ2n) is 5.94. The van der Waals surface area contributed by atoms with Crippen LogP contribution in [0.2, 0.25) is 0 Å². The van der Waals surface area contributed by atoms with Crippen LogP contribution in [0.25, 0.3) is 0 Å². The maximum atomic E-state index is 10.8. The largest absolute Gasteiger partial charge is 0.480 e. The monoisotopic (exact) mass is 325 g/mol. The molecule has 0 spiro atoms. The maximum absolute atomic E-state index is 10.8. The molecule has 0 aromatic rings. The van der Waals surface area contributed by atoms with Gasteiger partial charge in [0.1, 0.15) is 6.04 Å². The van der Waals surface area contributed by atoms with E-state index in [1.165, 1.54) is 16.7 Å². The third kappa shape index (κ3) is 11.6. The van der Waals surface area contributed by atoms with Crippen molar-refractivity contribution >= 4 is 18.6 Å². The minimum absolute atomic E-state index is 0.301. The number of rotatable bonds is 11. The van der Waals surface area contributed by atoms with E-state index >= 15 is 0 Å². The molecule has 0 saturated carbocycles. The van der Waals surface area contributed by atoms with E-state index < -0.39 is 12.0 Å². The number of carboxylic acid groups (broad SMARTS) is 1. The van der Waals surface area contributed by atoms with Gasteiger partial charge in [-0.3, -0.25) is 4.79 Å². The van der Waals surface area contributed by atoms with Crippen molar-refractivity contribution in [3.8, 4) is 0 Å². The van der Waals surface area contributed by atoms with E-state index in [-0.39, 0.29) is 0 Å². The van der Waals surface area contributed by atoms with Crippen LogP contribution in [0.15, 0.2) is 34.9 Å². The molecule has 0 rings (SSSR count). The van der Waals surface area contributed by atoms with Crippen molar-refractivity contribution in [3.05, 3.63) is 34.9 Å². The second kappa shape index (κ2) is 12.5. The fourth-order valence-corrected chi connectivity index (χ4v) is 2.23. The number of thiol groups is 1. The average molecular weight is 326 g/mol. The van der Waals surface area contributed by atoms with E-state index in [9.17, 15) is 4.79 Å². The fourth-order valence-electron chi connectivity index (χ4n) is 1.94. The van der Waals surface area contributed by atoms with Gasteiger partial charge in [0.2, 0.25) is 0 Å². The van der Waals surface area contributed by atoms with Gasteiger partial charge in [-0.15, -0.1) is 0 Å². The summed E-state index contributed by atoms with van der Waals surface area (Å²) in [5.74, 6) is -0.550. The number of carbonyl (C=O) groups is 1. The predicted octanol–water partition coefficient (Wildman–Crippen LogP) is 4.38. The van der Waals surface area contributed by atoms with Gasteiger partial charge in [0, 0.05) is 12.3 Å². The molecule has 0 aromatic carbocycles. The topological polar surface area (TPSA) is 49.3 Å². The van der Waals surface area contributed by atoms with Crippen molar-refractivity contribution in [2.24, 2.45) is 0 Å². The Kier molecular flexibility index (Phi) is 12.0. The molecule has 0 aliphatic rings. The normalized spacial score (nSPS) is 13.9. The Balaban J connectivity index is 4.01. The van der Waals surface area contributed by atoms with E-state index in [0.29, 0.717) is 12.3 Å². The number of carboxylic acids is 1. The lowest BCUT2D eigenvalue weighted by Crippen LogP contribution is -2.38. The van der Waals surface area contributed by atoms with Gasteiger partial charge >= 0.3 is 5.97 Å². The molecule has 0 aliphatic heterocycles. The number of nitrogens with one attached hydrogen (secondary N) is 1. The van der Waals surface area contributed by atoms with Gasteiger partial charge in [-0.2, -0.15) is 12.6 Å². The van der Waals surface area contributed by atoms with Crippen LogP contribution in [0, 0.1) is 0 Å². The lowest BCUT2D eigenvalue weighted by atomic mass is 10.1. The summed E-state index contributed by atoms with van der Waals surface area (Å²) in [4.78, 5) is 10.8. The van der Waals surface area contributed by atoms with Gasteiger partial charge in [0.15, 0.2) is 0 Å². The molecule has 0 aromatic heterocycles. The van der Waals surface area contributed by atoms with Crippen LogP contribution < -0.4 is 5.32 Å². The quantitative estimate of drug-likeness (QED) is 0.390. The highest BCUT2D eigenvalue weighted by molar-refractivity contribution is 7.80. The zero-order valence-corrected chi connectivity index (χ0v) is 15.2. The average Bonchev–Trinajstić information content (AvgIpc) is 2.42. The van der Waals surface area contributed by atoms with Crippen LogP contribution in [-0.2, 0) is 4.79 Å². The Hall–Kier alpha value is -1.00. The number of allylic oxidation sites excluding steroid dienone is 5. The van der Waals surface area contributed by atoms with Crippen molar-refractivity contribution in [1.82, 2.24) is 5.32 Å². The van der Waals surface area contributed by atoms with Gasteiger partial charge in [-0.1, -0.05) is 34.9 Å². The number of hydrogen-bond donors (Lipinski definition) is 3. The molecule has 0 amide bonds. The molecule has 2 N–H and O–H groups in total. The molecule has 4 heteroatoms. The molecule has 0 radical (unpaired) electrons. The molecule has 0 heterocycles. The number of hydrogen-bond acceptors (Lipinski definition) is 3. The van der Waals surface area contributed by atoms with Crippen LogP contribution in [0.4, 0.5) is 0 Å². The summed E-state index contributed by atoms with van der Waals surface area (Å²) in [6, 6.07) is -0.579. The summed E-state index contributed by atoms with van der Waals surface area (Å²) in [7, 11) is 0. The Labute approximate surface area is 141 Å². The SMILES string of the molecule is CC(C)=CCCC(C)=CCCC(C)=CCNC(CS)C(=O)O. The third-order valence-electron chi connectivity index (χ3n) is 3.42. The van der Waals surface area contributed by atoms with Gasteiger partial charge < -0.3 is 10.4 Å². The van der Waals surface area contributed by atoms with Crippen LogP contribution in [-0.4, -0.2) is 29.4 Å². The van der Waals surface area contributed by atoms with Crippen LogP contribution >= 0.6 is 12.6 Å². The summed E-state index contributed by atoms with van der Waals surface area (Å²) < 4.78 is 0. The second-order valence-corrected chi connectivity index (χ2v) is 6.31. The summed E-state index contributed by atoms with van der Waals surface area (Å²) in [5.41, 5.74) is 4.09. The first kappa shape index (κ1) is 21.0. The molecule has 0 fully saturated rings. The van der Waals surface area contributed by atoms with Gasteiger partial charge in [-0.05, 0) is 53.4 Å². The Morgan fingerprint density at radius 2 is 1.59 bits per heavy atom. The van der Waals surface area contributed by atoms with E-state index in [1.807, 2.05) is 0 Å². The van der Waals surface area contributed by atoms with Crippen LogP contribution in [0.3, 0.4) is 0 Å². The lowest BCUT2D eigenvalue weighted by Gasteiger charge is -2.10. The predicted molar refractivity (Wildman–Crippen MR) is 98.7 cm³/mol. The lowest BCUT2D eigenvalue weighted by molar-refractivity contribution is -0.138. The highest BCUT2D eigenvalue weighted by atomic mass is 32.1. The zero-order chi connectivity index (χ0) is 17.0. The van der Waals surface area contributed by atoms with Crippen molar-refractivity contribution in [3.63, 3.8) is 0 Å². The minimum atomic E-state index is -0.851. The molecular weight excluding hydrogens is 294 g/mol. The molecule has 0 saturated heterocycles. The van der Waals surface area contributed by atoms with Gasteiger partial charge in [0.25, 0.3) is 0 Å². The zero-order valence-electron chi connectivity index (χ0n) is 14.4. The first-order chi connectivity index (χ1) is 10.4. The van der Waals surface area contributed by atoms with Crippen LogP contribution in [0.1, 0.15) is 53.4 Å². The minimum Gasteiger partial charge on any atom is -0.480 e. The molecule has 0 aliphatic carbocycles. The molecule has 0 bridgehead atoms. The van der Waals surface area contributed by atoms with Gasteiger partial charge in [-0.25, -0.2) is 0 Å². The molecule has 1 atom stereocenters. The third-order valence-corrected chi connectivity index (χ3v) is 3.78. The Morgan fingerprint density at radius 3 is 2.09 bits per heavy atom. The first-order valence-electron chi connectivity index (χ1n) is 7.88. The Bertz CT molecular complexity index is 421. The van der Waals surface area contributed by atoms with E-state index in [4.69, 9.17) is 5.11 Å². The molecule has 1 unspecified atom stereocenters. The number of aliphatic carboxylic acids is 1. The van der Waals surface area contributed by atoms with Crippen molar-refractivity contribution in [2.75, 3.05) is 12.3 Å². The molecular formula is C18H31NO2S. The summed E-state index contributed by atoms with van der Waals surface area (Å²) in [6.07, 6.45) is 10.9. The molecule has 126 valence electrons.